The average molecular weight is 518 g/mol. The van der Waals surface area contributed by atoms with Crippen LogP contribution < -0.4 is 25.4 Å². The van der Waals surface area contributed by atoms with E-state index in [2.05, 4.69) is 86.7 Å². The fraction of sp³-hybridized carbons (Fsp3) is 0.250. The van der Waals surface area contributed by atoms with Crippen LogP contribution in [0.4, 0.5) is 0 Å². The number of hydrogen-bond acceptors (Lipinski definition) is 3. The Balaban J connectivity index is 2.10. The van der Waals surface area contributed by atoms with Gasteiger partial charge in [-0.05, 0) is 93.1 Å². The molecular formula is C24H24IO3P. The third-order valence-corrected chi connectivity index (χ3v) is 9.73. The number of rotatable bonds is 3. The van der Waals surface area contributed by atoms with Crippen LogP contribution in [0.1, 0.15) is 27.8 Å². The van der Waals surface area contributed by atoms with Crippen molar-refractivity contribution in [2.45, 2.75) is 34.6 Å². The molecule has 1 aliphatic rings. The third kappa shape index (κ3) is 3.51. The lowest BCUT2D eigenvalue weighted by Gasteiger charge is -2.24. The van der Waals surface area contributed by atoms with E-state index in [9.17, 15) is 0 Å². The summed E-state index contributed by atoms with van der Waals surface area (Å²) in [6, 6.07) is 14.5. The lowest BCUT2D eigenvalue weighted by atomic mass is 10.2. The predicted molar refractivity (Wildman–Crippen MR) is 128 cm³/mol. The molecule has 29 heavy (non-hydrogen) atoms. The summed E-state index contributed by atoms with van der Waals surface area (Å²) >= 11 is 2.26. The Morgan fingerprint density at radius 1 is 0.724 bits per heavy atom. The zero-order chi connectivity index (χ0) is 20.9. The molecule has 0 aliphatic carbocycles. The minimum atomic E-state index is -3.12. The molecule has 0 fully saturated rings. The van der Waals surface area contributed by atoms with Crippen molar-refractivity contribution in [1.29, 1.82) is 0 Å². The summed E-state index contributed by atoms with van der Waals surface area (Å²) in [7, 11) is -3.12. The van der Waals surface area contributed by atoms with E-state index in [4.69, 9.17) is 9.47 Å². The van der Waals surface area contributed by atoms with Crippen LogP contribution >= 0.6 is 29.7 Å². The first kappa shape index (κ1) is 20.5. The van der Waals surface area contributed by atoms with E-state index in [1.54, 1.807) is 0 Å². The Bertz CT molecular complexity index is 1090. The molecule has 0 spiro atoms. The van der Waals surface area contributed by atoms with Gasteiger partial charge in [-0.2, -0.15) is 0 Å². The Morgan fingerprint density at radius 3 is 1.66 bits per heavy atom. The molecule has 0 unspecified atom stereocenters. The molecule has 1 heterocycles. The number of benzene rings is 3. The van der Waals surface area contributed by atoms with Crippen LogP contribution in [0.5, 0.6) is 11.5 Å². The highest BCUT2D eigenvalue weighted by molar-refractivity contribution is 14.1. The van der Waals surface area contributed by atoms with Gasteiger partial charge >= 0.3 is 0 Å². The molecule has 0 atom stereocenters. The Kier molecular flexibility index (Phi) is 5.28. The van der Waals surface area contributed by atoms with Gasteiger partial charge in [0.25, 0.3) is 0 Å². The summed E-state index contributed by atoms with van der Waals surface area (Å²) in [6.07, 6.45) is 0. The Morgan fingerprint density at radius 2 is 1.17 bits per heavy atom. The first-order valence-electron chi connectivity index (χ1n) is 9.57. The molecule has 3 nitrogen and oxygen atoms in total. The molecule has 0 amide bonds. The van der Waals surface area contributed by atoms with Crippen molar-refractivity contribution in [3.63, 3.8) is 0 Å². The smallest absolute Gasteiger partial charge is 0.231 e. The molecule has 0 saturated carbocycles. The summed E-state index contributed by atoms with van der Waals surface area (Å²) in [4.78, 5) is 0. The fourth-order valence-corrected chi connectivity index (χ4v) is 8.83. The minimum Gasteiger partial charge on any atom is -0.453 e. The molecule has 3 aromatic carbocycles. The van der Waals surface area contributed by atoms with E-state index in [-0.39, 0.29) is 6.79 Å². The molecule has 0 saturated heterocycles. The van der Waals surface area contributed by atoms with Crippen molar-refractivity contribution < 1.29 is 14.0 Å². The van der Waals surface area contributed by atoms with Crippen molar-refractivity contribution in [2.24, 2.45) is 0 Å². The normalized spacial score (nSPS) is 13.0. The minimum absolute atomic E-state index is 0.201. The summed E-state index contributed by atoms with van der Waals surface area (Å²) in [5.41, 5.74) is 5.38. The first-order chi connectivity index (χ1) is 13.7. The molecular weight excluding hydrogens is 494 g/mol. The summed E-state index contributed by atoms with van der Waals surface area (Å²) < 4.78 is 27.4. The van der Waals surface area contributed by atoms with Crippen LogP contribution in [0.2, 0.25) is 0 Å². The first-order valence-corrected chi connectivity index (χ1v) is 12.4. The molecule has 5 heteroatoms. The summed E-state index contributed by atoms with van der Waals surface area (Å²) in [5.74, 6) is 1.46. The topological polar surface area (TPSA) is 35.5 Å². The number of ether oxygens (including phenoxy) is 2. The van der Waals surface area contributed by atoms with E-state index >= 15 is 4.57 Å². The van der Waals surface area contributed by atoms with Crippen molar-refractivity contribution in [3.8, 4) is 11.5 Å². The summed E-state index contributed by atoms with van der Waals surface area (Å²) in [6.45, 7) is 10.4. The quantitative estimate of drug-likeness (QED) is 0.353. The van der Waals surface area contributed by atoms with Gasteiger partial charge in [0.2, 0.25) is 6.79 Å². The molecule has 0 aromatic heterocycles. The van der Waals surface area contributed by atoms with Gasteiger partial charge in [-0.25, -0.2) is 0 Å². The maximum absolute atomic E-state index is 15.1. The Labute approximate surface area is 186 Å². The van der Waals surface area contributed by atoms with Crippen molar-refractivity contribution in [3.05, 3.63) is 73.9 Å². The van der Waals surface area contributed by atoms with Crippen molar-refractivity contribution in [2.75, 3.05) is 6.79 Å². The second-order valence-electron chi connectivity index (χ2n) is 7.89. The van der Waals surface area contributed by atoms with Crippen molar-refractivity contribution >= 4 is 45.6 Å². The lowest BCUT2D eigenvalue weighted by molar-refractivity contribution is 0.173. The highest BCUT2D eigenvalue weighted by Crippen LogP contribution is 2.49. The van der Waals surface area contributed by atoms with Gasteiger partial charge in [-0.15, -0.1) is 0 Å². The van der Waals surface area contributed by atoms with E-state index in [1.165, 1.54) is 0 Å². The van der Waals surface area contributed by atoms with Crippen LogP contribution in [0.3, 0.4) is 0 Å². The lowest BCUT2D eigenvalue weighted by Crippen LogP contribution is -2.28. The number of halogens is 1. The number of aryl methyl sites for hydroxylation is 5. The predicted octanol–water partition coefficient (Wildman–Crippen LogP) is 5.20. The van der Waals surface area contributed by atoms with Crippen LogP contribution in [-0.2, 0) is 4.57 Å². The second kappa shape index (κ2) is 7.48. The SMILES string of the molecule is Cc1cc(C)cc(P(=O)(c2cc(C)cc(C)c2)c2cc(C)c3c(c2I)OCO3)c1. The molecule has 3 aromatic rings. The molecule has 150 valence electrons. The highest BCUT2D eigenvalue weighted by atomic mass is 127. The van der Waals surface area contributed by atoms with Gasteiger partial charge in [0.15, 0.2) is 18.6 Å². The van der Waals surface area contributed by atoms with Crippen LogP contribution in [0.25, 0.3) is 0 Å². The standard InChI is InChI=1S/C24H24IO3P/c1-14-6-15(2)9-19(8-14)29(26,20-10-16(3)7-17(4)11-20)21-12-18(5)23-24(22(21)25)28-13-27-23/h6-12H,13H2,1-5H3. The molecule has 1 aliphatic heterocycles. The van der Waals surface area contributed by atoms with Gasteiger partial charge in [0.05, 0.1) is 3.57 Å². The molecule has 4 rings (SSSR count). The molecule has 0 bridgehead atoms. The maximum atomic E-state index is 15.1. The second-order valence-corrected chi connectivity index (χ2v) is 11.7. The zero-order valence-electron chi connectivity index (χ0n) is 17.3. The summed E-state index contributed by atoms with van der Waals surface area (Å²) in [5, 5.41) is 2.53. The van der Waals surface area contributed by atoms with Crippen molar-refractivity contribution in [1.82, 2.24) is 0 Å². The third-order valence-electron chi connectivity index (χ3n) is 5.23. The van der Waals surface area contributed by atoms with E-state index < -0.39 is 7.14 Å². The van der Waals surface area contributed by atoms with Gasteiger partial charge in [-0.1, -0.05) is 34.4 Å². The van der Waals surface area contributed by atoms with Gasteiger partial charge in [0, 0.05) is 15.9 Å². The van der Waals surface area contributed by atoms with Gasteiger partial charge in [-0.3, -0.25) is 0 Å². The van der Waals surface area contributed by atoms with Crippen LogP contribution in [0.15, 0.2) is 42.5 Å². The van der Waals surface area contributed by atoms with Gasteiger partial charge in [0.1, 0.15) is 0 Å². The van der Waals surface area contributed by atoms with E-state index in [1.807, 2.05) is 13.0 Å². The molecule has 0 N–H and O–H groups in total. The van der Waals surface area contributed by atoms with Crippen LogP contribution in [-0.4, -0.2) is 6.79 Å². The molecule has 0 radical (unpaired) electrons. The number of fused-ring (bicyclic) bond motifs is 1. The monoisotopic (exact) mass is 518 g/mol. The largest absolute Gasteiger partial charge is 0.453 e. The zero-order valence-corrected chi connectivity index (χ0v) is 20.4. The van der Waals surface area contributed by atoms with Gasteiger partial charge < -0.3 is 14.0 Å². The number of hydrogen-bond donors (Lipinski definition) is 0. The highest BCUT2D eigenvalue weighted by Gasteiger charge is 2.36. The van der Waals surface area contributed by atoms with E-state index in [0.29, 0.717) is 5.75 Å². The van der Waals surface area contributed by atoms with E-state index in [0.717, 1.165) is 53.1 Å². The fourth-order valence-electron chi connectivity index (χ4n) is 4.11. The Hall–Kier alpha value is -1.78. The van der Waals surface area contributed by atoms with Crippen LogP contribution in [0, 0.1) is 38.2 Å². The average Bonchev–Trinajstić information content (AvgIpc) is 3.13. The maximum Gasteiger partial charge on any atom is 0.231 e.